The summed E-state index contributed by atoms with van der Waals surface area (Å²) in [6.45, 7) is 4.21. The van der Waals surface area contributed by atoms with Crippen molar-refractivity contribution in [2.45, 2.75) is 38.6 Å². The van der Waals surface area contributed by atoms with Crippen LogP contribution in [0.3, 0.4) is 0 Å². The molecule has 12 heavy (non-hydrogen) atoms. The number of rotatable bonds is 1. The number of carbonyl (C=O) groups is 1. The molecule has 3 atom stereocenters. The molecule has 1 saturated carbocycles. The number of hydrogen-bond acceptors (Lipinski definition) is 2. The van der Waals surface area contributed by atoms with Crippen LogP contribution in [0.1, 0.15) is 33.1 Å². The van der Waals surface area contributed by atoms with Gasteiger partial charge < -0.3 is 11.5 Å². The van der Waals surface area contributed by atoms with Crippen molar-refractivity contribution >= 4 is 5.91 Å². The summed E-state index contributed by atoms with van der Waals surface area (Å²) in [7, 11) is 0. The Kier molecular flexibility index (Phi) is 2.42. The summed E-state index contributed by atoms with van der Waals surface area (Å²) in [4.78, 5) is 11.1. The molecule has 0 aromatic rings. The molecule has 0 aliphatic heterocycles. The topological polar surface area (TPSA) is 69.1 Å². The van der Waals surface area contributed by atoms with Gasteiger partial charge in [0.25, 0.3) is 0 Å². The summed E-state index contributed by atoms with van der Waals surface area (Å²) in [6, 6.07) is 0. The van der Waals surface area contributed by atoms with Crippen LogP contribution in [0, 0.1) is 11.8 Å². The lowest BCUT2D eigenvalue weighted by Crippen LogP contribution is -2.58. The molecule has 3 heteroatoms. The molecule has 0 saturated heterocycles. The minimum absolute atomic E-state index is 0.221. The lowest BCUT2D eigenvalue weighted by Gasteiger charge is -2.39. The summed E-state index contributed by atoms with van der Waals surface area (Å²) in [5, 5.41) is 0. The fourth-order valence-electron chi connectivity index (χ4n) is 2.03. The Labute approximate surface area is 73.5 Å². The molecule has 1 fully saturated rings. The first kappa shape index (κ1) is 9.52. The molecular weight excluding hydrogens is 152 g/mol. The van der Waals surface area contributed by atoms with Crippen molar-refractivity contribution in [3.05, 3.63) is 0 Å². The standard InChI is InChI=1S/C9H18N2O/c1-6-3-4-9(11,8(10)12)7(2)5-6/h6-7H,3-5,11H2,1-2H3,(H2,10,12). The zero-order chi connectivity index (χ0) is 9.35. The van der Waals surface area contributed by atoms with Crippen LogP contribution in [0.2, 0.25) is 0 Å². The van der Waals surface area contributed by atoms with Gasteiger partial charge in [-0.2, -0.15) is 0 Å². The van der Waals surface area contributed by atoms with Crippen molar-refractivity contribution in [1.82, 2.24) is 0 Å². The summed E-state index contributed by atoms with van der Waals surface area (Å²) in [5.74, 6) is 0.552. The van der Waals surface area contributed by atoms with Crippen molar-refractivity contribution in [2.24, 2.45) is 23.3 Å². The van der Waals surface area contributed by atoms with Crippen molar-refractivity contribution in [1.29, 1.82) is 0 Å². The van der Waals surface area contributed by atoms with E-state index in [4.69, 9.17) is 11.5 Å². The molecular formula is C9H18N2O. The van der Waals surface area contributed by atoms with Gasteiger partial charge >= 0.3 is 0 Å². The molecule has 1 rings (SSSR count). The molecule has 70 valence electrons. The molecule has 0 radical (unpaired) electrons. The van der Waals surface area contributed by atoms with Gasteiger partial charge in [0.05, 0.1) is 5.54 Å². The Morgan fingerprint density at radius 1 is 1.50 bits per heavy atom. The second-order valence-corrected chi connectivity index (χ2v) is 4.19. The lowest BCUT2D eigenvalue weighted by atomic mass is 9.70. The van der Waals surface area contributed by atoms with Gasteiger partial charge in [-0.15, -0.1) is 0 Å². The summed E-state index contributed by atoms with van der Waals surface area (Å²) < 4.78 is 0. The van der Waals surface area contributed by atoms with Gasteiger partial charge in [-0.3, -0.25) is 4.79 Å². The third-order valence-electron chi connectivity index (χ3n) is 3.14. The molecule has 3 unspecified atom stereocenters. The highest BCUT2D eigenvalue weighted by molar-refractivity contribution is 5.84. The van der Waals surface area contributed by atoms with Gasteiger partial charge in [0, 0.05) is 0 Å². The van der Waals surface area contributed by atoms with Crippen LogP contribution in [-0.2, 0) is 4.79 Å². The quantitative estimate of drug-likeness (QED) is 0.606. The molecule has 1 amide bonds. The largest absolute Gasteiger partial charge is 0.368 e. The van der Waals surface area contributed by atoms with Crippen LogP contribution in [0.15, 0.2) is 0 Å². The van der Waals surface area contributed by atoms with E-state index in [2.05, 4.69) is 6.92 Å². The summed E-state index contributed by atoms with van der Waals surface area (Å²) >= 11 is 0. The zero-order valence-electron chi connectivity index (χ0n) is 7.84. The van der Waals surface area contributed by atoms with E-state index in [9.17, 15) is 4.79 Å². The maximum absolute atomic E-state index is 11.1. The first-order valence-corrected chi connectivity index (χ1v) is 4.55. The van der Waals surface area contributed by atoms with E-state index < -0.39 is 5.54 Å². The van der Waals surface area contributed by atoms with Gasteiger partial charge in [-0.1, -0.05) is 13.8 Å². The van der Waals surface area contributed by atoms with E-state index >= 15 is 0 Å². The fraction of sp³-hybridized carbons (Fsp3) is 0.889. The van der Waals surface area contributed by atoms with Crippen LogP contribution in [0.25, 0.3) is 0 Å². The van der Waals surface area contributed by atoms with Gasteiger partial charge in [-0.25, -0.2) is 0 Å². The second-order valence-electron chi connectivity index (χ2n) is 4.19. The average Bonchev–Trinajstić information content (AvgIpc) is 1.97. The van der Waals surface area contributed by atoms with Crippen LogP contribution in [-0.4, -0.2) is 11.4 Å². The maximum Gasteiger partial charge on any atom is 0.237 e. The number of carbonyl (C=O) groups excluding carboxylic acids is 1. The van der Waals surface area contributed by atoms with Crippen LogP contribution in [0.5, 0.6) is 0 Å². The Morgan fingerprint density at radius 3 is 2.50 bits per heavy atom. The number of primary amides is 1. The second kappa shape index (κ2) is 3.05. The lowest BCUT2D eigenvalue weighted by molar-refractivity contribution is -0.126. The Hall–Kier alpha value is -0.570. The van der Waals surface area contributed by atoms with Crippen LogP contribution < -0.4 is 11.5 Å². The Balaban J connectivity index is 2.72. The fourth-order valence-corrected chi connectivity index (χ4v) is 2.03. The summed E-state index contributed by atoms with van der Waals surface area (Å²) in [6.07, 6.45) is 2.77. The third kappa shape index (κ3) is 1.46. The van der Waals surface area contributed by atoms with Crippen molar-refractivity contribution in [2.75, 3.05) is 0 Å². The van der Waals surface area contributed by atoms with E-state index in [0.717, 1.165) is 19.3 Å². The molecule has 0 heterocycles. The highest BCUT2D eigenvalue weighted by Gasteiger charge is 2.41. The first-order chi connectivity index (χ1) is 5.47. The average molecular weight is 170 g/mol. The predicted molar refractivity (Wildman–Crippen MR) is 48.3 cm³/mol. The highest BCUT2D eigenvalue weighted by Crippen LogP contribution is 2.34. The molecule has 0 aromatic heterocycles. The van der Waals surface area contributed by atoms with E-state index in [0.29, 0.717) is 5.92 Å². The van der Waals surface area contributed by atoms with Crippen LogP contribution in [0.4, 0.5) is 0 Å². The number of hydrogen-bond donors (Lipinski definition) is 2. The minimum atomic E-state index is -0.744. The molecule has 0 aromatic carbocycles. The van der Waals surface area contributed by atoms with Crippen molar-refractivity contribution in [3.8, 4) is 0 Å². The molecule has 1 aliphatic rings. The number of amides is 1. The van der Waals surface area contributed by atoms with Crippen LogP contribution >= 0.6 is 0 Å². The van der Waals surface area contributed by atoms with Gasteiger partial charge in [0.2, 0.25) is 5.91 Å². The molecule has 3 nitrogen and oxygen atoms in total. The minimum Gasteiger partial charge on any atom is -0.368 e. The Morgan fingerprint density at radius 2 is 2.08 bits per heavy atom. The van der Waals surface area contributed by atoms with Crippen molar-refractivity contribution < 1.29 is 4.79 Å². The van der Waals surface area contributed by atoms with Crippen molar-refractivity contribution in [3.63, 3.8) is 0 Å². The van der Waals surface area contributed by atoms with Gasteiger partial charge in [-0.05, 0) is 31.1 Å². The molecule has 4 N–H and O–H groups in total. The molecule has 0 spiro atoms. The van der Waals surface area contributed by atoms with E-state index in [1.54, 1.807) is 0 Å². The Bertz CT molecular complexity index is 193. The number of nitrogens with two attached hydrogens (primary N) is 2. The smallest absolute Gasteiger partial charge is 0.237 e. The molecule has 0 bridgehead atoms. The SMILES string of the molecule is CC1CCC(N)(C(N)=O)C(C)C1. The van der Waals surface area contributed by atoms with Gasteiger partial charge in [0.1, 0.15) is 0 Å². The normalized spacial score (nSPS) is 42.6. The third-order valence-corrected chi connectivity index (χ3v) is 3.14. The zero-order valence-corrected chi connectivity index (χ0v) is 7.84. The maximum atomic E-state index is 11.1. The summed E-state index contributed by atoms with van der Waals surface area (Å²) in [5.41, 5.74) is 10.5. The monoisotopic (exact) mass is 170 g/mol. The molecule has 1 aliphatic carbocycles. The predicted octanol–water partition coefficient (Wildman–Crippen LogP) is 0.625. The van der Waals surface area contributed by atoms with Gasteiger partial charge in [0.15, 0.2) is 0 Å². The highest BCUT2D eigenvalue weighted by atomic mass is 16.1. The van der Waals surface area contributed by atoms with E-state index in [1.807, 2.05) is 6.92 Å². The first-order valence-electron chi connectivity index (χ1n) is 4.55. The van der Waals surface area contributed by atoms with E-state index in [1.165, 1.54) is 0 Å². The van der Waals surface area contributed by atoms with E-state index in [-0.39, 0.29) is 11.8 Å².